The second-order valence-corrected chi connectivity index (χ2v) is 4.80. The number of aromatic carboxylic acids is 1. The maximum absolute atomic E-state index is 11.9. The van der Waals surface area contributed by atoms with Crippen LogP contribution in [0.5, 0.6) is 5.75 Å². The van der Waals surface area contributed by atoms with Crippen molar-refractivity contribution in [1.29, 1.82) is 0 Å². The lowest BCUT2D eigenvalue weighted by atomic mass is 10.2. The predicted octanol–water partition coefficient (Wildman–Crippen LogP) is 1.51. The molecule has 114 valence electrons. The highest BCUT2D eigenvalue weighted by molar-refractivity contribution is 6.33. The number of rotatable bonds is 6. The van der Waals surface area contributed by atoms with Gasteiger partial charge in [-0.3, -0.25) is 4.79 Å². The molecule has 0 fully saturated rings. The first-order valence-corrected chi connectivity index (χ1v) is 6.92. The van der Waals surface area contributed by atoms with E-state index in [1.807, 2.05) is 0 Å². The topological polar surface area (TPSA) is 78.5 Å². The number of carbonyl (C=O) groups is 2. The molecule has 0 unspecified atom stereocenters. The molecular formula is C16H13ClNO4-. The molecule has 0 spiro atoms. The minimum atomic E-state index is -1.24. The van der Waals surface area contributed by atoms with Gasteiger partial charge in [0.1, 0.15) is 12.4 Å². The molecule has 22 heavy (non-hydrogen) atoms. The third-order valence-corrected chi connectivity index (χ3v) is 3.19. The van der Waals surface area contributed by atoms with Crippen molar-refractivity contribution in [3.8, 4) is 5.75 Å². The van der Waals surface area contributed by atoms with Crippen molar-refractivity contribution in [1.82, 2.24) is 5.32 Å². The van der Waals surface area contributed by atoms with Gasteiger partial charge in [0.05, 0.1) is 23.1 Å². The Labute approximate surface area is 132 Å². The fourth-order valence-corrected chi connectivity index (χ4v) is 1.98. The lowest BCUT2D eigenvalue weighted by molar-refractivity contribution is -0.255. The molecule has 0 radical (unpaired) electrons. The molecule has 0 aromatic heterocycles. The van der Waals surface area contributed by atoms with E-state index in [0.29, 0.717) is 22.9 Å². The minimum absolute atomic E-state index is 0.0828. The van der Waals surface area contributed by atoms with Crippen LogP contribution in [0.2, 0.25) is 5.02 Å². The lowest BCUT2D eigenvalue weighted by Crippen LogP contribution is -2.28. The van der Waals surface area contributed by atoms with Crippen molar-refractivity contribution in [3.63, 3.8) is 0 Å². The average Bonchev–Trinajstić information content (AvgIpc) is 2.52. The first kappa shape index (κ1) is 15.9. The number of ether oxygens (including phenoxy) is 1. The van der Waals surface area contributed by atoms with Gasteiger partial charge in [0.15, 0.2) is 0 Å². The highest BCUT2D eigenvalue weighted by Gasteiger charge is 2.08. The van der Waals surface area contributed by atoms with E-state index in [1.165, 1.54) is 24.3 Å². The SMILES string of the molecule is O=C([O-])c1ccc(OCCNC(=O)c2ccccc2Cl)cc1. The molecule has 0 atom stereocenters. The second-order valence-electron chi connectivity index (χ2n) is 4.40. The van der Waals surface area contributed by atoms with E-state index in [4.69, 9.17) is 16.3 Å². The fourth-order valence-electron chi connectivity index (χ4n) is 1.76. The summed E-state index contributed by atoms with van der Waals surface area (Å²) < 4.78 is 5.40. The van der Waals surface area contributed by atoms with Crippen LogP contribution in [-0.2, 0) is 0 Å². The van der Waals surface area contributed by atoms with Crippen molar-refractivity contribution in [3.05, 3.63) is 64.7 Å². The summed E-state index contributed by atoms with van der Waals surface area (Å²) in [6.07, 6.45) is 0. The van der Waals surface area contributed by atoms with Crippen LogP contribution < -0.4 is 15.2 Å². The lowest BCUT2D eigenvalue weighted by Gasteiger charge is -2.09. The van der Waals surface area contributed by atoms with Crippen molar-refractivity contribution in [2.45, 2.75) is 0 Å². The third-order valence-electron chi connectivity index (χ3n) is 2.86. The zero-order chi connectivity index (χ0) is 15.9. The van der Waals surface area contributed by atoms with Crippen LogP contribution in [-0.4, -0.2) is 25.0 Å². The first-order valence-electron chi connectivity index (χ1n) is 6.55. The third kappa shape index (κ3) is 4.23. The van der Waals surface area contributed by atoms with E-state index in [-0.39, 0.29) is 18.1 Å². The normalized spacial score (nSPS) is 10.0. The molecule has 1 N–H and O–H groups in total. The fraction of sp³-hybridized carbons (Fsp3) is 0.125. The Kier molecular flexibility index (Phi) is 5.38. The van der Waals surface area contributed by atoms with Crippen LogP contribution in [0.1, 0.15) is 20.7 Å². The molecular weight excluding hydrogens is 306 g/mol. The van der Waals surface area contributed by atoms with Crippen LogP contribution >= 0.6 is 11.6 Å². The van der Waals surface area contributed by atoms with Gasteiger partial charge in [0, 0.05) is 0 Å². The minimum Gasteiger partial charge on any atom is -0.545 e. The van der Waals surface area contributed by atoms with Gasteiger partial charge >= 0.3 is 0 Å². The van der Waals surface area contributed by atoms with Gasteiger partial charge in [-0.2, -0.15) is 0 Å². The molecule has 5 nitrogen and oxygen atoms in total. The number of halogens is 1. The molecule has 0 saturated heterocycles. The molecule has 1 amide bonds. The number of amides is 1. The predicted molar refractivity (Wildman–Crippen MR) is 80.1 cm³/mol. The van der Waals surface area contributed by atoms with E-state index < -0.39 is 5.97 Å². The monoisotopic (exact) mass is 318 g/mol. The Bertz CT molecular complexity index is 670. The summed E-state index contributed by atoms with van der Waals surface area (Å²) in [5, 5.41) is 13.7. The highest BCUT2D eigenvalue weighted by Crippen LogP contribution is 2.14. The summed E-state index contributed by atoms with van der Waals surface area (Å²) in [6, 6.07) is 12.6. The molecule has 0 aliphatic carbocycles. The zero-order valence-electron chi connectivity index (χ0n) is 11.5. The molecule has 0 aliphatic heterocycles. The number of carbonyl (C=O) groups excluding carboxylic acids is 2. The summed E-state index contributed by atoms with van der Waals surface area (Å²) in [5.41, 5.74) is 0.488. The summed E-state index contributed by atoms with van der Waals surface area (Å²) in [4.78, 5) is 22.5. The average molecular weight is 319 g/mol. The van der Waals surface area contributed by atoms with Crippen LogP contribution in [0.3, 0.4) is 0 Å². The van der Waals surface area contributed by atoms with E-state index in [0.717, 1.165) is 0 Å². The quantitative estimate of drug-likeness (QED) is 0.819. The second kappa shape index (κ2) is 7.47. The standard InChI is InChI=1S/C16H14ClNO4/c17-14-4-2-1-3-13(14)15(19)18-9-10-22-12-7-5-11(6-8-12)16(20)21/h1-8H,9-10H2,(H,18,19)(H,20,21)/p-1. The maximum atomic E-state index is 11.9. The van der Waals surface area contributed by atoms with E-state index >= 15 is 0 Å². The van der Waals surface area contributed by atoms with Crippen LogP contribution in [0.15, 0.2) is 48.5 Å². The summed E-state index contributed by atoms with van der Waals surface area (Å²) >= 11 is 5.92. The molecule has 2 aromatic rings. The summed E-state index contributed by atoms with van der Waals surface area (Å²) in [7, 11) is 0. The Morgan fingerprint density at radius 2 is 1.77 bits per heavy atom. The largest absolute Gasteiger partial charge is 0.545 e. The van der Waals surface area contributed by atoms with E-state index in [2.05, 4.69) is 5.32 Å². The Morgan fingerprint density at radius 1 is 1.09 bits per heavy atom. The molecule has 0 bridgehead atoms. The number of carboxylic acid groups (broad SMARTS) is 1. The van der Waals surface area contributed by atoms with Crippen molar-refractivity contribution >= 4 is 23.5 Å². The number of nitrogens with one attached hydrogen (secondary N) is 1. The maximum Gasteiger partial charge on any atom is 0.252 e. The first-order chi connectivity index (χ1) is 10.6. The van der Waals surface area contributed by atoms with Crippen LogP contribution in [0.25, 0.3) is 0 Å². The van der Waals surface area contributed by atoms with Gasteiger partial charge in [-0.05, 0) is 42.0 Å². The van der Waals surface area contributed by atoms with Gasteiger partial charge < -0.3 is 20.0 Å². The van der Waals surface area contributed by atoms with E-state index in [9.17, 15) is 14.7 Å². The Balaban J connectivity index is 1.78. The van der Waals surface area contributed by atoms with Gasteiger partial charge in [-0.1, -0.05) is 23.7 Å². The molecule has 2 rings (SSSR count). The number of hydrogen-bond donors (Lipinski definition) is 1. The van der Waals surface area contributed by atoms with Gasteiger partial charge in [0.2, 0.25) is 0 Å². The van der Waals surface area contributed by atoms with Crippen molar-refractivity contribution in [2.24, 2.45) is 0 Å². The molecule has 0 aliphatic rings. The summed E-state index contributed by atoms with van der Waals surface area (Å²) in [6.45, 7) is 0.549. The Morgan fingerprint density at radius 3 is 2.41 bits per heavy atom. The van der Waals surface area contributed by atoms with Crippen molar-refractivity contribution < 1.29 is 19.4 Å². The highest BCUT2D eigenvalue weighted by atomic mass is 35.5. The van der Waals surface area contributed by atoms with Crippen LogP contribution in [0.4, 0.5) is 0 Å². The molecule has 0 saturated carbocycles. The van der Waals surface area contributed by atoms with Gasteiger partial charge in [-0.25, -0.2) is 0 Å². The Hall–Kier alpha value is -2.53. The molecule has 6 heteroatoms. The molecule has 2 aromatic carbocycles. The summed E-state index contributed by atoms with van der Waals surface area (Å²) in [5.74, 6) is -1.00. The van der Waals surface area contributed by atoms with E-state index in [1.54, 1.807) is 24.3 Å². The van der Waals surface area contributed by atoms with Gasteiger partial charge in [-0.15, -0.1) is 0 Å². The number of hydrogen-bond acceptors (Lipinski definition) is 4. The zero-order valence-corrected chi connectivity index (χ0v) is 12.3. The smallest absolute Gasteiger partial charge is 0.252 e. The van der Waals surface area contributed by atoms with Crippen LogP contribution in [0, 0.1) is 0 Å². The van der Waals surface area contributed by atoms with Gasteiger partial charge in [0.25, 0.3) is 5.91 Å². The number of carboxylic acids is 1. The van der Waals surface area contributed by atoms with Crippen molar-refractivity contribution in [2.75, 3.05) is 13.2 Å². The molecule has 0 heterocycles. The number of benzene rings is 2.